The molecule has 0 aliphatic carbocycles. The van der Waals surface area contributed by atoms with Crippen LogP contribution in [0, 0.1) is 11.6 Å². The molecule has 1 unspecified atom stereocenters. The lowest BCUT2D eigenvalue weighted by Crippen LogP contribution is -2.22. The minimum absolute atomic E-state index is 0.113. The second-order valence-electron chi connectivity index (χ2n) is 7.80. The third-order valence-corrected chi connectivity index (χ3v) is 5.65. The van der Waals surface area contributed by atoms with E-state index in [1.807, 2.05) is 4.57 Å². The molecule has 5 rings (SSSR count). The van der Waals surface area contributed by atoms with Gasteiger partial charge in [-0.25, -0.2) is 18.8 Å². The van der Waals surface area contributed by atoms with Gasteiger partial charge in [-0.05, 0) is 42.0 Å². The van der Waals surface area contributed by atoms with Crippen molar-refractivity contribution in [2.24, 2.45) is 4.99 Å². The van der Waals surface area contributed by atoms with E-state index in [0.717, 1.165) is 18.2 Å². The number of nitrogens with one attached hydrogen (secondary N) is 2. The minimum Gasteiger partial charge on any atom is -0.755 e. The number of carbonyl (C=O) groups excluding carboxylic acids is 1. The summed E-state index contributed by atoms with van der Waals surface area (Å²) in [7, 11) is 0. The molecular weight excluding hydrogens is 506 g/mol. The van der Waals surface area contributed by atoms with Gasteiger partial charge in [0, 0.05) is 48.3 Å². The number of aromatic nitrogens is 3. The van der Waals surface area contributed by atoms with Crippen LogP contribution >= 0.6 is 0 Å². The molecule has 3 heterocycles. The molecule has 1 amide bonds. The van der Waals surface area contributed by atoms with Gasteiger partial charge in [0.25, 0.3) is 11.5 Å². The first-order chi connectivity index (χ1) is 17.9. The van der Waals surface area contributed by atoms with Crippen molar-refractivity contribution in [1.82, 2.24) is 19.3 Å². The summed E-state index contributed by atoms with van der Waals surface area (Å²) in [5.74, 6) is -0.899. The van der Waals surface area contributed by atoms with Gasteiger partial charge in [0.15, 0.2) is 23.1 Å². The average Bonchev–Trinajstić information content (AvgIpc) is 3.35. The van der Waals surface area contributed by atoms with Crippen molar-refractivity contribution in [2.45, 2.75) is 6.54 Å². The SMILES string of the molecule is O=C(C=Cc1cccc(N=c2ncc3cc(Oc4ccc(F)cc4F)c4n(c-3n2)CCN4)c1)NS(=O)[O-]. The summed E-state index contributed by atoms with van der Waals surface area (Å²) in [6, 6.07) is 11.6. The lowest BCUT2D eigenvalue weighted by atomic mass is 10.2. The van der Waals surface area contributed by atoms with Gasteiger partial charge >= 0.3 is 0 Å². The Balaban J connectivity index is 1.47. The molecule has 10 nitrogen and oxygen atoms in total. The van der Waals surface area contributed by atoms with Crippen molar-refractivity contribution in [1.29, 1.82) is 0 Å². The van der Waals surface area contributed by atoms with E-state index in [9.17, 15) is 22.3 Å². The molecule has 0 saturated heterocycles. The second kappa shape index (κ2) is 10.2. The first kappa shape index (κ1) is 24.2. The minimum atomic E-state index is -2.69. The van der Waals surface area contributed by atoms with E-state index in [0.29, 0.717) is 47.3 Å². The Bertz CT molecular complexity index is 1610. The molecule has 0 saturated carbocycles. The Morgan fingerprint density at radius 1 is 1.22 bits per heavy atom. The molecule has 0 bridgehead atoms. The molecule has 3 aliphatic heterocycles. The summed E-state index contributed by atoms with van der Waals surface area (Å²) in [6.45, 7) is 1.17. The highest BCUT2D eigenvalue weighted by Crippen LogP contribution is 2.38. The van der Waals surface area contributed by atoms with E-state index >= 15 is 0 Å². The Morgan fingerprint density at radius 2 is 2.08 bits per heavy atom. The number of carbonyl (C=O) groups is 1. The number of hydrogen-bond acceptors (Lipinski definition) is 8. The number of nitrogens with zero attached hydrogens (tertiary/aromatic N) is 4. The van der Waals surface area contributed by atoms with E-state index in [1.165, 1.54) is 12.1 Å². The highest BCUT2D eigenvalue weighted by Gasteiger charge is 2.23. The number of benzene rings is 2. The Labute approximate surface area is 211 Å². The number of rotatable bonds is 6. The highest BCUT2D eigenvalue weighted by molar-refractivity contribution is 7.77. The molecule has 0 fully saturated rings. The van der Waals surface area contributed by atoms with Crippen LogP contribution in [0.1, 0.15) is 5.56 Å². The summed E-state index contributed by atoms with van der Waals surface area (Å²) >= 11 is -2.69. The van der Waals surface area contributed by atoms with Crippen LogP contribution < -0.4 is 20.4 Å². The number of pyridine rings is 1. The number of amides is 1. The monoisotopic (exact) mass is 523 g/mol. The first-order valence-electron chi connectivity index (χ1n) is 10.9. The van der Waals surface area contributed by atoms with E-state index in [-0.39, 0.29) is 11.4 Å². The van der Waals surface area contributed by atoms with Crippen LogP contribution in [0.25, 0.3) is 17.5 Å². The summed E-state index contributed by atoms with van der Waals surface area (Å²) in [5.41, 5.74) is 1.94. The van der Waals surface area contributed by atoms with Gasteiger partial charge in [0.05, 0.1) is 5.69 Å². The normalized spacial score (nSPS) is 14.0. The second-order valence-corrected chi connectivity index (χ2v) is 8.48. The highest BCUT2D eigenvalue weighted by atomic mass is 32.2. The van der Waals surface area contributed by atoms with Crippen LogP contribution in [-0.2, 0) is 22.6 Å². The molecule has 188 valence electrons. The Morgan fingerprint density at radius 3 is 2.89 bits per heavy atom. The zero-order valence-electron chi connectivity index (χ0n) is 18.9. The van der Waals surface area contributed by atoms with Gasteiger partial charge in [-0.2, -0.15) is 4.98 Å². The quantitative estimate of drug-likeness (QED) is 0.293. The Kier molecular flexibility index (Phi) is 6.70. The standard InChI is InChI=1S/C24H18F2N6O4S/c25-16-5-6-19(18(26)12-16)36-20-11-15-13-28-24(30-22(15)32-9-8-27-23(20)32)29-17-3-1-2-14(10-17)4-7-21(33)31-37(34)35/h1-7,10-13,27H,8-9H2,(H,31,33)(H,34,35)/p-1. The molecule has 13 heteroatoms. The smallest absolute Gasteiger partial charge is 0.254 e. The lowest BCUT2D eigenvalue weighted by molar-refractivity contribution is -0.114. The molecule has 1 atom stereocenters. The van der Waals surface area contributed by atoms with Crippen molar-refractivity contribution >= 4 is 34.8 Å². The van der Waals surface area contributed by atoms with Crippen molar-refractivity contribution in [2.75, 3.05) is 11.9 Å². The first-order valence-corrected chi connectivity index (χ1v) is 11.9. The van der Waals surface area contributed by atoms with Crippen LogP contribution in [0.4, 0.5) is 20.3 Å². The van der Waals surface area contributed by atoms with Crippen LogP contribution in [0.2, 0.25) is 0 Å². The molecule has 2 aromatic rings. The number of anilines is 1. The van der Waals surface area contributed by atoms with Crippen LogP contribution in [0.5, 0.6) is 11.5 Å². The van der Waals surface area contributed by atoms with Crippen molar-refractivity contribution in [3.8, 4) is 22.9 Å². The largest absolute Gasteiger partial charge is 0.755 e. The predicted octanol–water partition coefficient (Wildman–Crippen LogP) is 3.03. The molecule has 0 spiro atoms. The molecule has 0 aromatic heterocycles. The number of hydrogen-bond donors (Lipinski definition) is 2. The zero-order valence-corrected chi connectivity index (χ0v) is 19.7. The number of halogens is 2. The lowest BCUT2D eigenvalue weighted by Gasteiger charge is -2.17. The maximum atomic E-state index is 14.2. The molecule has 0 radical (unpaired) electrons. The summed E-state index contributed by atoms with van der Waals surface area (Å²) in [5, 5.41) is 3.19. The topological polar surface area (TPSA) is 134 Å². The summed E-state index contributed by atoms with van der Waals surface area (Å²) < 4.78 is 57.8. The molecule has 3 aliphatic rings. The van der Waals surface area contributed by atoms with Gasteiger partial charge in [0.1, 0.15) is 11.6 Å². The molecular formula is C24H17F2N6O4S-. The predicted molar refractivity (Wildman–Crippen MR) is 129 cm³/mol. The third-order valence-electron chi connectivity index (χ3n) is 5.28. The van der Waals surface area contributed by atoms with Crippen LogP contribution in [0.15, 0.2) is 65.8 Å². The van der Waals surface area contributed by atoms with Crippen molar-refractivity contribution < 1.29 is 27.1 Å². The summed E-state index contributed by atoms with van der Waals surface area (Å²) in [6.07, 6.45) is 4.10. The molecule has 2 N–H and O–H groups in total. The van der Waals surface area contributed by atoms with Gasteiger partial charge in [-0.3, -0.25) is 13.7 Å². The van der Waals surface area contributed by atoms with Crippen LogP contribution in [-0.4, -0.2) is 35.7 Å². The van der Waals surface area contributed by atoms with E-state index in [4.69, 9.17) is 4.74 Å². The van der Waals surface area contributed by atoms with E-state index in [1.54, 1.807) is 41.3 Å². The Hall–Kier alpha value is -4.49. The fourth-order valence-corrected chi connectivity index (χ4v) is 3.97. The third kappa shape index (κ3) is 5.52. The van der Waals surface area contributed by atoms with E-state index in [2.05, 4.69) is 20.3 Å². The van der Waals surface area contributed by atoms with Gasteiger partial charge < -0.3 is 19.2 Å². The van der Waals surface area contributed by atoms with Gasteiger partial charge in [-0.1, -0.05) is 12.1 Å². The van der Waals surface area contributed by atoms with Crippen molar-refractivity contribution in [3.05, 3.63) is 83.6 Å². The maximum Gasteiger partial charge on any atom is 0.254 e. The maximum absolute atomic E-state index is 14.2. The van der Waals surface area contributed by atoms with Gasteiger partial charge in [0.2, 0.25) is 0 Å². The zero-order chi connectivity index (χ0) is 25.9. The molecule has 37 heavy (non-hydrogen) atoms. The number of fused-ring (bicyclic) bond motifs is 3. The van der Waals surface area contributed by atoms with E-state index < -0.39 is 28.8 Å². The van der Waals surface area contributed by atoms with Gasteiger partial charge in [-0.15, -0.1) is 0 Å². The van der Waals surface area contributed by atoms with Crippen LogP contribution in [0.3, 0.4) is 0 Å². The fraction of sp³-hybridized carbons (Fsp3) is 0.0833. The van der Waals surface area contributed by atoms with Crippen molar-refractivity contribution in [3.63, 3.8) is 0 Å². The average molecular weight is 524 g/mol. The summed E-state index contributed by atoms with van der Waals surface area (Å²) in [4.78, 5) is 24.8. The fourth-order valence-electron chi connectivity index (χ4n) is 3.74. The molecule has 2 aromatic carbocycles. The number of ether oxygens (including phenoxy) is 1.